The number of aromatic nitrogens is 2. The van der Waals surface area contributed by atoms with Crippen LogP contribution in [0.3, 0.4) is 0 Å². The number of H-pyrrole nitrogens is 1. The number of ketones is 2. The summed E-state index contributed by atoms with van der Waals surface area (Å²) in [5.74, 6) is -0.324. The minimum absolute atomic E-state index is 0.0951. The number of Topliss-reactive ketones (excluding diaryl/α,β-unsaturated/α-hetero) is 2. The quantitative estimate of drug-likeness (QED) is 0.363. The van der Waals surface area contributed by atoms with Gasteiger partial charge in [-0.05, 0) is 43.7 Å². The van der Waals surface area contributed by atoms with Gasteiger partial charge in [-0.2, -0.15) is 0 Å². The summed E-state index contributed by atoms with van der Waals surface area (Å²) in [6.07, 6.45) is 0. The number of amides is 1. The van der Waals surface area contributed by atoms with Crippen LogP contribution >= 0.6 is 23.1 Å². The number of nitrogens with zero attached hydrogens (tertiary/aromatic N) is 1. The van der Waals surface area contributed by atoms with E-state index in [9.17, 15) is 19.2 Å². The van der Waals surface area contributed by atoms with Crippen LogP contribution in [0.15, 0.2) is 34.2 Å². The van der Waals surface area contributed by atoms with E-state index in [1.165, 1.54) is 25.2 Å². The molecule has 1 aromatic carbocycles. The minimum Gasteiger partial charge on any atom is -0.326 e. The number of aromatic amines is 1. The van der Waals surface area contributed by atoms with Gasteiger partial charge in [-0.25, -0.2) is 4.98 Å². The highest BCUT2D eigenvalue weighted by Gasteiger charge is 2.17. The van der Waals surface area contributed by atoms with Gasteiger partial charge >= 0.3 is 0 Å². The van der Waals surface area contributed by atoms with Gasteiger partial charge in [0, 0.05) is 18.2 Å². The lowest BCUT2D eigenvalue weighted by molar-refractivity contribution is -0.114. The summed E-state index contributed by atoms with van der Waals surface area (Å²) in [5, 5.41) is 3.39. The third-order valence-electron chi connectivity index (χ3n) is 3.97. The second-order valence-electron chi connectivity index (χ2n) is 6.13. The van der Waals surface area contributed by atoms with Crippen molar-refractivity contribution in [2.75, 3.05) is 11.1 Å². The van der Waals surface area contributed by atoms with Crippen molar-refractivity contribution in [2.24, 2.45) is 0 Å². The fraction of sp³-hybridized carbons (Fsp3) is 0.211. The van der Waals surface area contributed by atoms with E-state index in [2.05, 4.69) is 15.3 Å². The Kier molecular flexibility index (Phi) is 5.76. The van der Waals surface area contributed by atoms with Crippen LogP contribution in [0.5, 0.6) is 0 Å². The number of carbonyl (C=O) groups is 3. The second kappa shape index (κ2) is 8.07. The summed E-state index contributed by atoms with van der Waals surface area (Å²) < 4.78 is 0. The predicted molar refractivity (Wildman–Crippen MR) is 111 cm³/mol. The summed E-state index contributed by atoms with van der Waals surface area (Å²) in [6, 6.07) is 6.58. The zero-order valence-corrected chi connectivity index (χ0v) is 17.0. The van der Waals surface area contributed by atoms with Crippen LogP contribution < -0.4 is 10.9 Å². The molecule has 0 fully saturated rings. The van der Waals surface area contributed by atoms with Crippen molar-refractivity contribution in [1.29, 1.82) is 0 Å². The summed E-state index contributed by atoms with van der Waals surface area (Å²) in [5.41, 5.74) is 1.42. The van der Waals surface area contributed by atoms with E-state index in [0.717, 1.165) is 11.8 Å². The topological polar surface area (TPSA) is 109 Å². The molecule has 0 aliphatic carbocycles. The highest BCUT2D eigenvalue weighted by molar-refractivity contribution is 7.99. The molecule has 144 valence electrons. The van der Waals surface area contributed by atoms with E-state index in [1.807, 2.05) is 0 Å². The molecular weight excluding hydrogens is 398 g/mol. The second-order valence-corrected chi connectivity index (χ2v) is 8.10. The molecule has 0 saturated heterocycles. The Bertz CT molecular complexity index is 1150. The fourth-order valence-electron chi connectivity index (χ4n) is 2.69. The van der Waals surface area contributed by atoms with Crippen molar-refractivity contribution in [3.8, 4) is 0 Å². The molecule has 0 aliphatic rings. The van der Waals surface area contributed by atoms with Gasteiger partial charge < -0.3 is 10.3 Å². The summed E-state index contributed by atoms with van der Waals surface area (Å²) in [7, 11) is 0. The number of thioether (sulfide) groups is 1. The van der Waals surface area contributed by atoms with Crippen molar-refractivity contribution in [3.63, 3.8) is 0 Å². The number of aryl methyl sites for hydroxylation is 1. The number of carbonyl (C=O) groups excluding carboxylic acids is 3. The number of benzene rings is 1. The summed E-state index contributed by atoms with van der Waals surface area (Å²) in [4.78, 5) is 55.5. The lowest BCUT2D eigenvalue weighted by Crippen LogP contribution is -2.10. The Morgan fingerprint density at radius 2 is 1.86 bits per heavy atom. The van der Waals surface area contributed by atoms with Crippen LogP contribution in [0.2, 0.25) is 0 Å². The van der Waals surface area contributed by atoms with Gasteiger partial charge in [-0.3, -0.25) is 19.2 Å². The van der Waals surface area contributed by atoms with Crippen LogP contribution in [-0.2, 0) is 4.79 Å². The van der Waals surface area contributed by atoms with Crippen LogP contribution in [0.4, 0.5) is 5.69 Å². The first-order valence-corrected chi connectivity index (χ1v) is 10.1. The van der Waals surface area contributed by atoms with Crippen molar-refractivity contribution in [3.05, 3.63) is 50.6 Å². The van der Waals surface area contributed by atoms with Crippen LogP contribution in [-0.4, -0.2) is 33.2 Å². The van der Waals surface area contributed by atoms with Crippen LogP contribution in [0.1, 0.15) is 39.4 Å². The van der Waals surface area contributed by atoms with E-state index >= 15 is 0 Å². The van der Waals surface area contributed by atoms with Gasteiger partial charge in [0.05, 0.1) is 16.0 Å². The van der Waals surface area contributed by atoms with Crippen LogP contribution in [0.25, 0.3) is 10.2 Å². The molecule has 9 heteroatoms. The van der Waals surface area contributed by atoms with E-state index in [4.69, 9.17) is 0 Å². The van der Waals surface area contributed by atoms with E-state index in [-0.39, 0.29) is 28.8 Å². The molecule has 2 heterocycles. The van der Waals surface area contributed by atoms with Gasteiger partial charge in [-0.1, -0.05) is 11.8 Å². The minimum atomic E-state index is -0.319. The molecular formula is C19H17N3O4S2. The molecule has 2 aromatic heterocycles. The molecule has 0 spiro atoms. The molecule has 2 N–H and O–H groups in total. The average molecular weight is 415 g/mol. The molecule has 28 heavy (non-hydrogen) atoms. The normalized spacial score (nSPS) is 10.8. The first kappa shape index (κ1) is 20.0. The number of thiophene rings is 1. The Balaban J connectivity index is 1.76. The maximum absolute atomic E-state index is 12.4. The zero-order chi connectivity index (χ0) is 20.4. The highest BCUT2D eigenvalue weighted by atomic mass is 32.2. The molecule has 1 amide bonds. The van der Waals surface area contributed by atoms with Crippen molar-refractivity contribution < 1.29 is 14.4 Å². The number of nitrogens with one attached hydrogen (secondary N) is 2. The predicted octanol–water partition coefficient (Wildman–Crippen LogP) is 3.43. The summed E-state index contributed by atoms with van der Waals surface area (Å²) >= 11 is 2.31. The molecule has 0 radical (unpaired) electrons. The monoisotopic (exact) mass is 415 g/mol. The Morgan fingerprint density at radius 3 is 2.46 bits per heavy atom. The number of anilines is 1. The van der Waals surface area contributed by atoms with Crippen molar-refractivity contribution in [1.82, 2.24) is 9.97 Å². The Hall–Kier alpha value is -2.78. The zero-order valence-electron chi connectivity index (χ0n) is 15.4. The van der Waals surface area contributed by atoms with Gasteiger partial charge in [-0.15, -0.1) is 11.3 Å². The average Bonchev–Trinajstić information content (AvgIpc) is 2.97. The number of hydrogen-bond acceptors (Lipinski definition) is 7. The maximum atomic E-state index is 12.4. The highest BCUT2D eigenvalue weighted by Crippen LogP contribution is 2.28. The van der Waals surface area contributed by atoms with E-state index in [1.54, 1.807) is 31.2 Å². The molecule has 0 unspecified atom stereocenters. The van der Waals surface area contributed by atoms with E-state index < -0.39 is 0 Å². The number of rotatable bonds is 6. The smallest absolute Gasteiger partial charge is 0.260 e. The summed E-state index contributed by atoms with van der Waals surface area (Å²) in [6.45, 7) is 4.60. The standard InChI is InChI=1S/C19H17N3O4S2/c1-9-15-17(26)21-19(22-18(15)28-16(9)10(2)23)27-8-14(25)12-4-6-13(7-5-12)20-11(3)24/h4-7H,8H2,1-3H3,(H,20,24)(H,21,22,26). The van der Waals surface area contributed by atoms with Gasteiger partial charge in [0.25, 0.3) is 5.56 Å². The van der Waals surface area contributed by atoms with Gasteiger partial charge in [0.2, 0.25) is 5.91 Å². The Morgan fingerprint density at radius 1 is 1.18 bits per heavy atom. The molecule has 3 aromatic rings. The molecule has 7 nitrogen and oxygen atoms in total. The molecule has 0 atom stereocenters. The fourth-order valence-corrected chi connectivity index (χ4v) is 4.58. The number of fused-ring (bicyclic) bond motifs is 1. The van der Waals surface area contributed by atoms with Crippen LogP contribution in [0, 0.1) is 6.92 Å². The first-order valence-electron chi connectivity index (χ1n) is 8.34. The Labute approximate surface area is 168 Å². The largest absolute Gasteiger partial charge is 0.326 e. The first-order chi connectivity index (χ1) is 13.3. The molecule has 0 bridgehead atoms. The molecule has 0 saturated carbocycles. The molecule has 3 rings (SSSR count). The SMILES string of the molecule is CC(=O)Nc1ccc(C(=O)CSc2nc3sc(C(C)=O)c(C)c3c(=O)[nH]2)cc1. The molecule has 0 aliphatic heterocycles. The van der Waals surface area contributed by atoms with E-state index in [0.29, 0.717) is 37.1 Å². The van der Waals surface area contributed by atoms with Crippen molar-refractivity contribution >= 4 is 56.5 Å². The lowest BCUT2D eigenvalue weighted by atomic mass is 10.1. The third-order valence-corrected chi connectivity index (χ3v) is 6.13. The van der Waals surface area contributed by atoms with Gasteiger partial charge in [0.15, 0.2) is 16.7 Å². The van der Waals surface area contributed by atoms with Gasteiger partial charge in [0.1, 0.15) is 4.83 Å². The third kappa shape index (κ3) is 4.20. The van der Waals surface area contributed by atoms with Crippen molar-refractivity contribution in [2.45, 2.75) is 25.9 Å². The lowest BCUT2D eigenvalue weighted by Gasteiger charge is -2.04. The maximum Gasteiger partial charge on any atom is 0.260 e. The number of hydrogen-bond donors (Lipinski definition) is 2.